The zero-order valence-electron chi connectivity index (χ0n) is 12.6. The van der Waals surface area contributed by atoms with Gasteiger partial charge in [-0.05, 0) is 72.9 Å². The molecule has 0 aromatic heterocycles. The molecule has 116 valence electrons. The highest BCUT2D eigenvalue weighted by Crippen LogP contribution is 2.53. The summed E-state index contributed by atoms with van der Waals surface area (Å²) in [6, 6.07) is 5.62. The molecule has 2 rings (SSSR count). The second-order valence-corrected chi connectivity index (χ2v) is 9.27. The van der Waals surface area contributed by atoms with Gasteiger partial charge in [0.2, 0.25) is 0 Å². The van der Waals surface area contributed by atoms with Crippen molar-refractivity contribution in [3.8, 4) is 0 Å². The molecule has 5 heteroatoms. The summed E-state index contributed by atoms with van der Waals surface area (Å²) in [5.41, 5.74) is 7.06. The number of anilines is 1. The predicted octanol–water partition coefficient (Wildman–Crippen LogP) is 4.91. The van der Waals surface area contributed by atoms with Crippen molar-refractivity contribution >= 4 is 45.8 Å². The first-order chi connectivity index (χ1) is 9.66. The molecule has 2 N–H and O–H groups in total. The van der Waals surface area contributed by atoms with Crippen molar-refractivity contribution in [2.75, 3.05) is 5.73 Å². The Morgan fingerprint density at radius 1 is 1.48 bits per heavy atom. The number of carbonyl (C=O) groups is 1. The molecule has 1 aromatic carbocycles. The molecule has 1 aromatic rings. The van der Waals surface area contributed by atoms with E-state index >= 15 is 0 Å². The molecule has 1 aliphatic rings. The third kappa shape index (κ3) is 3.47. The Morgan fingerprint density at radius 3 is 2.52 bits per heavy atom. The van der Waals surface area contributed by atoms with Crippen LogP contribution in [0.3, 0.4) is 0 Å². The van der Waals surface area contributed by atoms with Crippen LogP contribution >= 0.6 is 34.2 Å². The van der Waals surface area contributed by atoms with E-state index < -0.39 is 9.02 Å². The standard InChI is InChI=1S/C16H21ClINO2/c1-10(11-5-6-12(17)13(19)9-11)16(7-4-8-16)14(20)21-15(2,3)18/h5-6,9-10H,4,7-8,19H2,1-3H3. The zero-order chi connectivity index (χ0) is 15.8. The summed E-state index contributed by atoms with van der Waals surface area (Å²) in [7, 11) is 0. The molecule has 0 bridgehead atoms. The molecule has 0 amide bonds. The van der Waals surface area contributed by atoms with Gasteiger partial charge in [0.05, 0.1) is 16.1 Å². The first-order valence-corrected chi connectivity index (χ1v) is 8.59. The summed E-state index contributed by atoms with van der Waals surface area (Å²) in [6.45, 7) is 5.86. The van der Waals surface area contributed by atoms with Gasteiger partial charge < -0.3 is 10.5 Å². The summed E-state index contributed by atoms with van der Waals surface area (Å²) in [5.74, 6) is -0.0359. The van der Waals surface area contributed by atoms with Gasteiger partial charge in [-0.3, -0.25) is 4.79 Å². The van der Waals surface area contributed by atoms with Gasteiger partial charge in [0.15, 0.2) is 3.61 Å². The lowest BCUT2D eigenvalue weighted by Crippen LogP contribution is -2.45. The number of benzene rings is 1. The van der Waals surface area contributed by atoms with Crippen LogP contribution in [0.25, 0.3) is 0 Å². The van der Waals surface area contributed by atoms with Crippen LogP contribution in [-0.2, 0) is 9.53 Å². The summed E-state index contributed by atoms with van der Waals surface area (Å²) in [6.07, 6.45) is 2.79. The average molecular weight is 422 g/mol. The highest BCUT2D eigenvalue weighted by atomic mass is 127. The number of hydrogen-bond acceptors (Lipinski definition) is 3. The van der Waals surface area contributed by atoms with Crippen molar-refractivity contribution in [2.24, 2.45) is 5.41 Å². The minimum absolute atomic E-state index is 0.0667. The third-order valence-electron chi connectivity index (χ3n) is 4.34. The maximum Gasteiger partial charge on any atom is 0.313 e. The summed E-state index contributed by atoms with van der Waals surface area (Å²) >= 11 is 8.12. The number of alkyl halides is 1. The van der Waals surface area contributed by atoms with Crippen molar-refractivity contribution in [1.82, 2.24) is 0 Å². The molecule has 3 nitrogen and oxygen atoms in total. The molecule has 1 unspecified atom stereocenters. The van der Waals surface area contributed by atoms with E-state index in [0.29, 0.717) is 10.7 Å². The number of nitrogen functional groups attached to an aromatic ring is 1. The normalized spacial score (nSPS) is 18.7. The molecule has 21 heavy (non-hydrogen) atoms. The fourth-order valence-corrected chi connectivity index (χ4v) is 3.16. The van der Waals surface area contributed by atoms with E-state index in [2.05, 4.69) is 29.5 Å². The average Bonchev–Trinajstić information content (AvgIpc) is 2.28. The van der Waals surface area contributed by atoms with E-state index in [4.69, 9.17) is 22.1 Å². The number of carbonyl (C=O) groups excluding carboxylic acids is 1. The van der Waals surface area contributed by atoms with Crippen molar-refractivity contribution in [3.63, 3.8) is 0 Å². The molecule has 1 saturated carbocycles. The van der Waals surface area contributed by atoms with E-state index in [1.807, 2.05) is 26.0 Å². The van der Waals surface area contributed by atoms with Gasteiger partial charge in [0.25, 0.3) is 0 Å². The second-order valence-electron chi connectivity index (χ2n) is 6.27. The van der Waals surface area contributed by atoms with Crippen LogP contribution in [0.1, 0.15) is 51.5 Å². The van der Waals surface area contributed by atoms with Gasteiger partial charge in [0.1, 0.15) is 0 Å². The summed E-state index contributed by atoms with van der Waals surface area (Å²) in [5, 5.41) is 0.546. The molecule has 0 spiro atoms. The lowest BCUT2D eigenvalue weighted by molar-refractivity contribution is -0.168. The Morgan fingerprint density at radius 2 is 2.10 bits per heavy atom. The Kier molecular flexibility index (Phi) is 4.78. The second kappa shape index (κ2) is 5.95. The lowest BCUT2D eigenvalue weighted by atomic mass is 9.60. The highest BCUT2D eigenvalue weighted by Gasteiger charge is 2.51. The smallest absolute Gasteiger partial charge is 0.313 e. The van der Waals surface area contributed by atoms with Gasteiger partial charge in [0, 0.05) is 0 Å². The summed E-state index contributed by atoms with van der Waals surface area (Å²) < 4.78 is 5.14. The number of halogens is 2. The summed E-state index contributed by atoms with van der Waals surface area (Å²) in [4.78, 5) is 12.6. The number of ether oxygens (including phenoxy) is 1. The third-order valence-corrected chi connectivity index (χ3v) is 4.90. The fourth-order valence-electron chi connectivity index (χ4n) is 2.84. The van der Waals surface area contributed by atoms with Crippen LogP contribution in [0.5, 0.6) is 0 Å². The number of esters is 1. The monoisotopic (exact) mass is 421 g/mol. The number of hydrogen-bond donors (Lipinski definition) is 1. The quantitative estimate of drug-likeness (QED) is 0.325. The Bertz CT molecular complexity index is 550. The van der Waals surface area contributed by atoms with E-state index in [-0.39, 0.29) is 11.9 Å². The van der Waals surface area contributed by atoms with E-state index in [1.54, 1.807) is 6.07 Å². The van der Waals surface area contributed by atoms with Crippen molar-refractivity contribution in [2.45, 2.75) is 49.6 Å². The minimum atomic E-state index is -0.490. The molecule has 1 fully saturated rings. The van der Waals surface area contributed by atoms with Crippen LogP contribution in [0.4, 0.5) is 5.69 Å². The molecule has 0 saturated heterocycles. The van der Waals surface area contributed by atoms with Gasteiger partial charge in [-0.25, -0.2) is 0 Å². The number of rotatable bonds is 4. The van der Waals surface area contributed by atoms with Gasteiger partial charge in [-0.15, -0.1) is 0 Å². The van der Waals surface area contributed by atoms with Crippen LogP contribution in [-0.4, -0.2) is 9.58 Å². The SMILES string of the molecule is CC(c1ccc(Cl)c(N)c1)C1(C(=O)OC(C)(C)I)CCC1. The van der Waals surface area contributed by atoms with Crippen LogP contribution in [0.15, 0.2) is 18.2 Å². The molecular formula is C16H21ClINO2. The zero-order valence-corrected chi connectivity index (χ0v) is 15.5. The predicted molar refractivity (Wildman–Crippen MR) is 94.8 cm³/mol. The van der Waals surface area contributed by atoms with E-state index in [9.17, 15) is 4.79 Å². The number of nitrogens with two attached hydrogens (primary N) is 1. The van der Waals surface area contributed by atoms with E-state index in [0.717, 1.165) is 24.8 Å². The van der Waals surface area contributed by atoms with E-state index in [1.165, 1.54) is 0 Å². The van der Waals surface area contributed by atoms with Gasteiger partial charge in [-0.2, -0.15) is 0 Å². The molecule has 1 aliphatic carbocycles. The van der Waals surface area contributed by atoms with Crippen LogP contribution in [0.2, 0.25) is 5.02 Å². The maximum atomic E-state index is 12.6. The fraction of sp³-hybridized carbons (Fsp3) is 0.562. The van der Waals surface area contributed by atoms with Crippen molar-refractivity contribution in [1.29, 1.82) is 0 Å². The highest BCUT2D eigenvalue weighted by molar-refractivity contribution is 14.1. The van der Waals surface area contributed by atoms with Crippen LogP contribution in [0, 0.1) is 5.41 Å². The lowest BCUT2D eigenvalue weighted by Gasteiger charge is -2.45. The molecule has 0 aliphatic heterocycles. The van der Waals surface area contributed by atoms with Crippen molar-refractivity contribution in [3.05, 3.63) is 28.8 Å². The molecule has 0 heterocycles. The van der Waals surface area contributed by atoms with Gasteiger partial charge in [-0.1, -0.05) is 31.0 Å². The molecule has 0 radical (unpaired) electrons. The molecular weight excluding hydrogens is 401 g/mol. The maximum absolute atomic E-state index is 12.6. The van der Waals surface area contributed by atoms with Gasteiger partial charge >= 0.3 is 5.97 Å². The van der Waals surface area contributed by atoms with Crippen LogP contribution < -0.4 is 5.73 Å². The topological polar surface area (TPSA) is 52.3 Å². The Hall–Kier alpha value is -0.490. The first-order valence-electron chi connectivity index (χ1n) is 7.13. The molecule has 1 atom stereocenters. The Balaban J connectivity index is 2.27. The van der Waals surface area contributed by atoms with Crippen molar-refractivity contribution < 1.29 is 9.53 Å². The Labute approximate surface area is 144 Å². The largest absolute Gasteiger partial charge is 0.449 e. The first kappa shape index (κ1) is 16.9. The minimum Gasteiger partial charge on any atom is -0.449 e.